The van der Waals surface area contributed by atoms with Gasteiger partial charge in [-0.05, 0) is 33.1 Å². The van der Waals surface area contributed by atoms with Crippen molar-refractivity contribution in [1.82, 2.24) is 0 Å². The van der Waals surface area contributed by atoms with E-state index in [2.05, 4.69) is 22.0 Å². The number of halogens is 1. The van der Waals surface area contributed by atoms with Crippen LogP contribution in [0, 0.1) is 11.3 Å². The van der Waals surface area contributed by atoms with Crippen molar-refractivity contribution >= 4 is 21.7 Å². The van der Waals surface area contributed by atoms with E-state index in [4.69, 9.17) is 0 Å². The van der Waals surface area contributed by atoms with E-state index in [0.29, 0.717) is 32.3 Å². The normalized spacial score (nSPS) is 14.1. The van der Waals surface area contributed by atoms with Crippen molar-refractivity contribution in [3.8, 4) is 6.07 Å². The second-order valence-electron chi connectivity index (χ2n) is 6.09. The zero-order valence-corrected chi connectivity index (χ0v) is 15.2. The Hall–Kier alpha value is -3.03. The first-order chi connectivity index (χ1) is 12.6. The van der Waals surface area contributed by atoms with Gasteiger partial charge in [0.1, 0.15) is 5.41 Å². The number of benzene rings is 2. The van der Waals surface area contributed by atoms with Crippen LogP contribution < -0.4 is 5.43 Å². The minimum absolute atomic E-state index is 0.131. The molecule has 0 unspecified atom stereocenters. The zero-order chi connectivity index (χ0) is 18.3. The van der Waals surface area contributed by atoms with Crippen LogP contribution in [0.2, 0.25) is 0 Å². The number of rotatable bonds is 1. The summed E-state index contributed by atoms with van der Waals surface area (Å²) in [5.41, 5.74) is 0.701. The van der Waals surface area contributed by atoms with E-state index < -0.39 is 5.41 Å². The van der Waals surface area contributed by atoms with Gasteiger partial charge in [0.05, 0.1) is 10.5 Å². The fraction of sp³-hybridized carbons (Fsp3) is 0.0455. The Bertz CT molecular complexity index is 1110. The van der Waals surface area contributed by atoms with E-state index in [-0.39, 0.29) is 11.2 Å². The Labute approximate surface area is 158 Å². The highest BCUT2D eigenvalue weighted by molar-refractivity contribution is 9.10. The molecule has 3 nitrogen and oxygen atoms in total. The third-order valence-corrected chi connectivity index (χ3v) is 5.43. The molecule has 0 fully saturated rings. The van der Waals surface area contributed by atoms with Crippen LogP contribution in [0.4, 0.5) is 0 Å². The van der Waals surface area contributed by atoms with Crippen molar-refractivity contribution < 1.29 is 4.79 Å². The lowest BCUT2D eigenvalue weighted by Gasteiger charge is -2.34. The van der Waals surface area contributed by atoms with Gasteiger partial charge in [-0.3, -0.25) is 9.59 Å². The smallest absolute Gasteiger partial charge is 0.198 e. The van der Waals surface area contributed by atoms with Crippen molar-refractivity contribution in [2.24, 2.45) is 0 Å². The van der Waals surface area contributed by atoms with Gasteiger partial charge in [0.2, 0.25) is 0 Å². The van der Waals surface area contributed by atoms with Gasteiger partial charge in [-0.15, -0.1) is 0 Å². The lowest BCUT2D eigenvalue weighted by atomic mass is 9.63. The molecule has 3 aromatic rings. The average molecular weight is 402 g/mol. The predicted molar refractivity (Wildman–Crippen MR) is 102 cm³/mol. The SMILES string of the molecule is N#CC1(c2ccccc(Br)c2=O)c2ccccc2C(=O)c2ccccc21. The van der Waals surface area contributed by atoms with Gasteiger partial charge in [0.15, 0.2) is 11.2 Å². The van der Waals surface area contributed by atoms with Crippen LogP contribution in [-0.2, 0) is 5.41 Å². The summed E-state index contributed by atoms with van der Waals surface area (Å²) in [6.07, 6.45) is 0. The quantitative estimate of drug-likeness (QED) is 0.613. The lowest BCUT2D eigenvalue weighted by Crippen LogP contribution is -2.39. The summed E-state index contributed by atoms with van der Waals surface area (Å²) in [6.45, 7) is 0. The van der Waals surface area contributed by atoms with E-state index in [0.717, 1.165) is 0 Å². The fourth-order valence-corrected chi connectivity index (χ4v) is 4.01. The summed E-state index contributed by atoms with van der Waals surface area (Å²) in [5, 5.41) is 10.4. The lowest BCUT2D eigenvalue weighted by molar-refractivity contribution is 0.103. The molecule has 0 N–H and O–H groups in total. The van der Waals surface area contributed by atoms with Gasteiger partial charge in [-0.1, -0.05) is 66.7 Å². The van der Waals surface area contributed by atoms with Crippen LogP contribution in [0.5, 0.6) is 0 Å². The minimum atomic E-state index is -1.35. The number of ketones is 1. The summed E-state index contributed by atoms with van der Waals surface area (Å²) >= 11 is 3.30. The van der Waals surface area contributed by atoms with E-state index in [1.54, 1.807) is 72.8 Å². The first kappa shape index (κ1) is 16.4. The summed E-state index contributed by atoms with van der Waals surface area (Å²) in [4.78, 5) is 26.0. The molecule has 4 rings (SSSR count). The number of carbonyl (C=O) groups is 1. The molecule has 0 amide bonds. The maximum atomic E-state index is 13.1. The molecular formula is C22H12BrNO2. The van der Waals surface area contributed by atoms with Crippen LogP contribution in [0.1, 0.15) is 32.6 Å². The monoisotopic (exact) mass is 401 g/mol. The number of fused-ring (bicyclic) bond motifs is 2. The molecule has 0 radical (unpaired) electrons. The second kappa shape index (κ2) is 6.05. The van der Waals surface area contributed by atoms with Gasteiger partial charge >= 0.3 is 0 Å². The van der Waals surface area contributed by atoms with Crippen LogP contribution in [0.15, 0.2) is 82.1 Å². The molecule has 4 heteroatoms. The van der Waals surface area contributed by atoms with Crippen LogP contribution in [0.3, 0.4) is 0 Å². The van der Waals surface area contributed by atoms with E-state index in [1.807, 2.05) is 0 Å². The van der Waals surface area contributed by atoms with Crippen LogP contribution >= 0.6 is 15.9 Å². The van der Waals surface area contributed by atoms with Crippen molar-refractivity contribution in [2.45, 2.75) is 5.41 Å². The maximum absolute atomic E-state index is 13.1. The summed E-state index contributed by atoms with van der Waals surface area (Å²) in [6, 6.07) is 23.2. The third kappa shape index (κ3) is 2.11. The molecule has 0 atom stereocenters. The summed E-state index contributed by atoms with van der Waals surface area (Å²) < 4.78 is 0.374. The standard InChI is InChI=1S/C22H12BrNO2/c23-19-12-6-5-11-18(21(19)26)22(13-24)16-9-3-1-7-14(16)20(25)15-8-2-4-10-17(15)22/h1-12H. The Kier molecular flexibility index (Phi) is 3.82. The van der Waals surface area contributed by atoms with Crippen molar-refractivity contribution in [3.63, 3.8) is 0 Å². The van der Waals surface area contributed by atoms with E-state index >= 15 is 0 Å². The number of hydrogen-bond donors (Lipinski definition) is 0. The molecule has 0 saturated carbocycles. The van der Waals surface area contributed by atoms with Gasteiger partial charge in [-0.2, -0.15) is 5.26 Å². The highest BCUT2D eigenvalue weighted by atomic mass is 79.9. The molecule has 0 spiro atoms. The summed E-state index contributed by atoms with van der Waals surface area (Å²) in [5.74, 6) is -0.131. The van der Waals surface area contributed by atoms with E-state index in [9.17, 15) is 14.9 Å². The number of hydrogen-bond acceptors (Lipinski definition) is 3. The largest absolute Gasteiger partial charge is 0.289 e. The number of carbonyl (C=O) groups excluding carboxylic acids is 1. The van der Waals surface area contributed by atoms with Gasteiger partial charge in [-0.25, -0.2) is 0 Å². The molecule has 0 heterocycles. The fourth-order valence-electron chi connectivity index (χ4n) is 3.64. The van der Waals surface area contributed by atoms with Crippen LogP contribution in [0.25, 0.3) is 0 Å². The molecule has 0 aliphatic heterocycles. The Morgan fingerprint density at radius 2 is 1.19 bits per heavy atom. The van der Waals surface area contributed by atoms with Gasteiger partial charge in [0.25, 0.3) is 0 Å². The Morgan fingerprint density at radius 1 is 0.731 bits per heavy atom. The van der Waals surface area contributed by atoms with Gasteiger partial charge < -0.3 is 0 Å². The summed E-state index contributed by atoms with van der Waals surface area (Å²) in [7, 11) is 0. The molecule has 124 valence electrons. The average Bonchev–Trinajstić information content (AvgIpc) is 2.85. The topological polar surface area (TPSA) is 57.9 Å². The molecule has 0 aromatic heterocycles. The van der Waals surface area contributed by atoms with Crippen molar-refractivity contribution in [1.29, 1.82) is 5.26 Å². The van der Waals surface area contributed by atoms with Gasteiger partial charge in [0, 0.05) is 16.7 Å². The van der Waals surface area contributed by atoms with Crippen molar-refractivity contribution in [3.05, 3.63) is 115 Å². The third-order valence-electron chi connectivity index (χ3n) is 4.80. The minimum Gasteiger partial charge on any atom is -0.289 e. The van der Waals surface area contributed by atoms with Crippen LogP contribution in [-0.4, -0.2) is 5.78 Å². The second-order valence-corrected chi connectivity index (χ2v) is 6.95. The highest BCUT2D eigenvalue weighted by Gasteiger charge is 2.46. The molecule has 1 aliphatic carbocycles. The zero-order valence-electron chi connectivity index (χ0n) is 13.6. The Balaban J connectivity index is 2.24. The Morgan fingerprint density at radius 3 is 1.73 bits per heavy atom. The first-order valence-corrected chi connectivity index (χ1v) is 8.85. The highest BCUT2D eigenvalue weighted by Crippen LogP contribution is 2.44. The maximum Gasteiger partial charge on any atom is 0.198 e. The van der Waals surface area contributed by atoms with Crippen molar-refractivity contribution in [2.75, 3.05) is 0 Å². The van der Waals surface area contributed by atoms with E-state index in [1.165, 1.54) is 0 Å². The molecule has 0 saturated heterocycles. The molecule has 26 heavy (non-hydrogen) atoms. The predicted octanol–water partition coefficient (Wildman–Crippen LogP) is 4.21. The first-order valence-electron chi connectivity index (χ1n) is 8.05. The molecular weight excluding hydrogens is 390 g/mol. The molecule has 3 aromatic carbocycles. The number of nitrogens with zero attached hydrogens (tertiary/aromatic N) is 1. The molecule has 1 aliphatic rings. The number of nitriles is 1. The molecule has 0 bridgehead atoms.